The summed E-state index contributed by atoms with van der Waals surface area (Å²) in [4.78, 5) is 18.9. The van der Waals surface area contributed by atoms with Gasteiger partial charge in [-0.1, -0.05) is 60.7 Å². The van der Waals surface area contributed by atoms with Crippen molar-refractivity contribution in [2.75, 3.05) is 19.6 Å². The third kappa shape index (κ3) is 4.30. The van der Waals surface area contributed by atoms with Crippen LogP contribution in [0.25, 0.3) is 0 Å². The van der Waals surface area contributed by atoms with Gasteiger partial charge in [-0.3, -0.25) is 9.69 Å². The highest BCUT2D eigenvalue weighted by molar-refractivity contribution is 5.83. The zero-order valence-electron chi connectivity index (χ0n) is 19.9. The number of hydrogen-bond donors (Lipinski definition) is 0. The van der Waals surface area contributed by atoms with Crippen LogP contribution in [0.5, 0.6) is 0 Å². The molecule has 5 nitrogen and oxygen atoms in total. The Balaban J connectivity index is 1.24. The summed E-state index contributed by atoms with van der Waals surface area (Å²) >= 11 is 0. The molecule has 0 N–H and O–H groups in total. The molecule has 0 saturated carbocycles. The second-order valence-electron chi connectivity index (χ2n) is 10.6. The van der Waals surface area contributed by atoms with Crippen molar-refractivity contribution >= 4 is 5.91 Å². The molecule has 6 rings (SSSR count). The smallest absolute Gasteiger partial charge is 0.254 e. The molecule has 2 aromatic rings. The average Bonchev–Trinajstić information content (AvgIpc) is 2.89. The predicted molar refractivity (Wildman–Crippen MR) is 131 cm³/mol. The molecule has 4 fully saturated rings. The van der Waals surface area contributed by atoms with Crippen LogP contribution in [0.1, 0.15) is 43.2 Å². The lowest BCUT2D eigenvalue weighted by molar-refractivity contribution is -0.189. The second kappa shape index (κ2) is 9.80. The zero-order chi connectivity index (χ0) is 22.9. The fraction of sp³-hybridized carbons (Fsp3) is 0.552. The number of rotatable bonds is 6. The first-order valence-corrected chi connectivity index (χ1v) is 13.1. The summed E-state index contributed by atoms with van der Waals surface area (Å²) in [6.45, 7) is 4.30. The van der Waals surface area contributed by atoms with Crippen molar-refractivity contribution in [2.24, 2.45) is 11.8 Å². The zero-order valence-corrected chi connectivity index (χ0v) is 19.9. The van der Waals surface area contributed by atoms with Gasteiger partial charge in [0.25, 0.3) is 5.91 Å². The SMILES string of the molecule is O=C1C(OCc2ccccc2)C(OCc2ccccc2)CC2C3CCCN4CCCC(CN12)C34. The lowest BCUT2D eigenvalue weighted by Gasteiger charge is -2.59. The summed E-state index contributed by atoms with van der Waals surface area (Å²) in [5.74, 6) is 1.32. The quantitative estimate of drug-likeness (QED) is 0.646. The third-order valence-electron chi connectivity index (χ3n) is 8.59. The maximum atomic E-state index is 13.9. The highest BCUT2D eigenvalue weighted by atomic mass is 16.5. The van der Waals surface area contributed by atoms with E-state index in [0.29, 0.717) is 31.1 Å². The molecule has 4 saturated heterocycles. The molecule has 0 aliphatic carbocycles. The van der Waals surface area contributed by atoms with Gasteiger partial charge >= 0.3 is 0 Å². The van der Waals surface area contributed by atoms with Gasteiger partial charge in [-0.15, -0.1) is 0 Å². The number of ether oxygens (including phenoxy) is 2. The number of piperidine rings is 4. The monoisotopic (exact) mass is 460 g/mol. The maximum absolute atomic E-state index is 13.9. The number of amides is 1. The molecule has 0 radical (unpaired) electrons. The molecule has 6 unspecified atom stereocenters. The second-order valence-corrected chi connectivity index (χ2v) is 10.6. The van der Waals surface area contributed by atoms with Gasteiger partial charge in [0.1, 0.15) is 0 Å². The predicted octanol–water partition coefficient (Wildman–Crippen LogP) is 4.26. The van der Waals surface area contributed by atoms with Gasteiger partial charge in [0.2, 0.25) is 0 Å². The summed E-state index contributed by atoms with van der Waals surface area (Å²) in [7, 11) is 0. The van der Waals surface area contributed by atoms with Crippen LogP contribution in [0.15, 0.2) is 60.7 Å². The van der Waals surface area contributed by atoms with Crippen LogP contribution >= 0.6 is 0 Å². The van der Waals surface area contributed by atoms with Crippen molar-refractivity contribution < 1.29 is 14.3 Å². The Morgan fingerprint density at radius 2 is 1.47 bits per heavy atom. The van der Waals surface area contributed by atoms with Crippen LogP contribution in [-0.4, -0.2) is 59.6 Å². The minimum absolute atomic E-state index is 0.145. The van der Waals surface area contributed by atoms with E-state index in [-0.39, 0.29) is 18.1 Å². The van der Waals surface area contributed by atoms with Crippen LogP contribution in [0.3, 0.4) is 0 Å². The van der Waals surface area contributed by atoms with E-state index in [9.17, 15) is 4.79 Å². The van der Waals surface area contributed by atoms with Crippen LogP contribution in [0.2, 0.25) is 0 Å². The molecule has 6 atom stereocenters. The Hall–Kier alpha value is -2.21. The highest BCUT2D eigenvalue weighted by Gasteiger charge is 2.54. The van der Waals surface area contributed by atoms with E-state index in [1.54, 1.807) is 0 Å². The number of nitrogens with zero attached hydrogens (tertiary/aromatic N) is 2. The fourth-order valence-electron chi connectivity index (χ4n) is 7.11. The minimum atomic E-state index is -0.542. The number of carbonyl (C=O) groups excluding carboxylic acids is 1. The van der Waals surface area contributed by atoms with Crippen molar-refractivity contribution in [1.29, 1.82) is 0 Å². The third-order valence-corrected chi connectivity index (χ3v) is 8.59. The molecule has 34 heavy (non-hydrogen) atoms. The summed E-state index contributed by atoms with van der Waals surface area (Å²) in [5, 5.41) is 0. The Morgan fingerprint density at radius 3 is 2.18 bits per heavy atom. The fourth-order valence-corrected chi connectivity index (χ4v) is 7.11. The summed E-state index contributed by atoms with van der Waals surface area (Å²) in [5.41, 5.74) is 2.23. The van der Waals surface area contributed by atoms with Crippen molar-refractivity contribution in [3.63, 3.8) is 0 Å². The van der Waals surface area contributed by atoms with Crippen LogP contribution in [-0.2, 0) is 27.5 Å². The van der Waals surface area contributed by atoms with Gasteiger partial charge in [-0.2, -0.15) is 0 Å². The van der Waals surface area contributed by atoms with Gasteiger partial charge < -0.3 is 14.4 Å². The molecule has 0 spiro atoms. The lowest BCUT2D eigenvalue weighted by atomic mass is 9.67. The van der Waals surface area contributed by atoms with Gasteiger partial charge in [0.05, 0.1) is 19.3 Å². The average molecular weight is 461 g/mol. The molecule has 4 heterocycles. The summed E-state index contributed by atoms with van der Waals surface area (Å²) in [6, 6.07) is 21.3. The van der Waals surface area contributed by atoms with Crippen molar-refractivity contribution in [2.45, 2.75) is 69.6 Å². The van der Waals surface area contributed by atoms with E-state index in [1.807, 2.05) is 36.4 Å². The number of carbonyl (C=O) groups is 1. The summed E-state index contributed by atoms with van der Waals surface area (Å²) in [6.07, 6.45) is 5.10. The van der Waals surface area contributed by atoms with E-state index in [4.69, 9.17) is 9.47 Å². The Bertz CT molecular complexity index is 966. The van der Waals surface area contributed by atoms with Crippen LogP contribution in [0, 0.1) is 11.8 Å². The van der Waals surface area contributed by atoms with Gasteiger partial charge in [-0.25, -0.2) is 0 Å². The van der Waals surface area contributed by atoms with Crippen LogP contribution < -0.4 is 0 Å². The first-order chi connectivity index (χ1) is 16.8. The Kier molecular flexibility index (Phi) is 6.42. The minimum Gasteiger partial charge on any atom is -0.370 e. The largest absolute Gasteiger partial charge is 0.370 e. The van der Waals surface area contributed by atoms with E-state index in [2.05, 4.69) is 34.1 Å². The van der Waals surface area contributed by atoms with E-state index < -0.39 is 6.10 Å². The van der Waals surface area contributed by atoms with Gasteiger partial charge in [0, 0.05) is 18.6 Å². The molecule has 4 aliphatic rings. The molecule has 1 amide bonds. The number of fused-ring (bicyclic) bond motifs is 2. The molecule has 0 aromatic heterocycles. The molecule has 5 heteroatoms. The normalized spacial score (nSPS) is 33.3. The maximum Gasteiger partial charge on any atom is 0.254 e. The molecular weight excluding hydrogens is 424 g/mol. The highest BCUT2D eigenvalue weighted by Crippen LogP contribution is 2.45. The Labute approximate surface area is 203 Å². The Morgan fingerprint density at radius 1 is 0.824 bits per heavy atom. The van der Waals surface area contributed by atoms with Crippen LogP contribution in [0.4, 0.5) is 0 Å². The molecule has 180 valence electrons. The standard InChI is InChI=1S/C29H36N2O3/c32-29-28(34-20-22-11-5-2-6-12-22)26(33-19-21-9-3-1-4-10-21)17-25-24-14-8-16-30-15-7-13-23(27(24)30)18-31(25)29/h1-6,9-12,23-28H,7-8,13-20H2. The lowest BCUT2D eigenvalue weighted by Crippen LogP contribution is -2.70. The first-order valence-electron chi connectivity index (χ1n) is 13.1. The van der Waals surface area contributed by atoms with Gasteiger partial charge in [0.15, 0.2) is 6.10 Å². The number of benzene rings is 2. The summed E-state index contributed by atoms with van der Waals surface area (Å²) < 4.78 is 12.8. The first kappa shape index (κ1) is 22.3. The molecule has 2 aromatic carbocycles. The number of hydrogen-bond acceptors (Lipinski definition) is 4. The van der Waals surface area contributed by atoms with E-state index in [1.165, 1.54) is 38.8 Å². The van der Waals surface area contributed by atoms with Gasteiger partial charge in [-0.05, 0) is 68.2 Å². The van der Waals surface area contributed by atoms with E-state index >= 15 is 0 Å². The van der Waals surface area contributed by atoms with E-state index in [0.717, 1.165) is 24.1 Å². The molecule has 0 bridgehead atoms. The van der Waals surface area contributed by atoms with Crippen molar-refractivity contribution in [1.82, 2.24) is 9.80 Å². The molecular formula is C29H36N2O3. The van der Waals surface area contributed by atoms with Crippen molar-refractivity contribution in [3.8, 4) is 0 Å². The molecule has 4 aliphatic heterocycles. The van der Waals surface area contributed by atoms with Crippen molar-refractivity contribution in [3.05, 3.63) is 71.8 Å². The topological polar surface area (TPSA) is 42.0 Å².